The number of nitrogens with one attached hydrogen (secondary N) is 3. The van der Waals surface area contributed by atoms with Gasteiger partial charge in [0.2, 0.25) is 10.0 Å². The first-order chi connectivity index (χ1) is 9.64. The van der Waals surface area contributed by atoms with Gasteiger partial charge in [-0.2, -0.15) is 0 Å². The average molecular weight is 380 g/mol. The monoisotopic (exact) mass is 379 g/mol. The Balaban J connectivity index is 2.75. The highest BCUT2D eigenvalue weighted by atomic mass is 79.9. The van der Waals surface area contributed by atoms with Gasteiger partial charge in [0.15, 0.2) is 0 Å². The van der Waals surface area contributed by atoms with Gasteiger partial charge in [-0.3, -0.25) is 0 Å². The summed E-state index contributed by atoms with van der Waals surface area (Å²) >= 11 is 3.45. The highest BCUT2D eigenvalue weighted by Gasteiger charge is 2.22. The van der Waals surface area contributed by atoms with Crippen LogP contribution in [0, 0.1) is 0 Å². The summed E-state index contributed by atoms with van der Waals surface area (Å²) in [4.78, 5) is 8.32. The Morgan fingerprint density at radius 1 is 1.24 bits per heavy atom. The van der Waals surface area contributed by atoms with E-state index in [1.807, 2.05) is 0 Å². The molecule has 0 aliphatic carbocycles. The molecule has 1 aromatic rings. The van der Waals surface area contributed by atoms with Crippen molar-refractivity contribution in [2.75, 3.05) is 30.0 Å². The zero-order valence-electron chi connectivity index (χ0n) is 12.7. The van der Waals surface area contributed by atoms with Gasteiger partial charge in [0.05, 0.1) is 6.26 Å². The molecule has 0 aliphatic heterocycles. The Hall–Kier alpha value is -0.930. The Morgan fingerprint density at radius 2 is 1.81 bits per heavy atom. The van der Waals surface area contributed by atoms with Crippen molar-refractivity contribution in [3.05, 3.63) is 10.8 Å². The van der Waals surface area contributed by atoms with E-state index in [0.717, 1.165) is 23.7 Å². The summed E-state index contributed by atoms with van der Waals surface area (Å²) in [6, 6.07) is 0. The van der Waals surface area contributed by atoms with Crippen molar-refractivity contribution in [2.45, 2.75) is 32.7 Å². The molecule has 1 rings (SSSR count). The zero-order chi connectivity index (χ0) is 16.1. The summed E-state index contributed by atoms with van der Waals surface area (Å²) in [5.74, 6) is 1.33. The fourth-order valence-corrected chi connectivity index (χ4v) is 3.26. The lowest BCUT2D eigenvalue weighted by Gasteiger charge is -2.25. The van der Waals surface area contributed by atoms with Crippen LogP contribution in [0.1, 0.15) is 27.2 Å². The molecule has 9 heteroatoms. The molecule has 1 aromatic heterocycles. The van der Waals surface area contributed by atoms with Crippen LogP contribution in [0.3, 0.4) is 0 Å². The predicted octanol–water partition coefficient (Wildman–Crippen LogP) is 1.80. The van der Waals surface area contributed by atoms with Crippen LogP contribution in [-0.2, 0) is 10.0 Å². The molecule has 0 atom stereocenters. The van der Waals surface area contributed by atoms with Crippen molar-refractivity contribution in [2.24, 2.45) is 0 Å². The third kappa shape index (κ3) is 6.58. The van der Waals surface area contributed by atoms with Gasteiger partial charge in [-0.15, -0.1) is 0 Å². The minimum Gasteiger partial charge on any atom is -0.369 e. The third-order valence-corrected chi connectivity index (χ3v) is 4.17. The number of sulfonamides is 1. The predicted molar refractivity (Wildman–Crippen MR) is 89.1 cm³/mol. The fourth-order valence-electron chi connectivity index (χ4n) is 1.70. The summed E-state index contributed by atoms with van der Waals surface area (Å²) < 4.78 is 25.9. The van der Waals surface area contributed by atoms with E-state index in [-0.39, 0.29) is 0 Å². The Labute approximate surface area is 134 Å². The van der Waals surface area contributed by atoms with Crippen LogP contribution in [-0.4, -0.2) is 43.3 Å². The van der Waals surface area contributed by atoms with Gasteiger partial charge in [0.25, 0.3) is 0 Å². The van der Waals surface area contributed by atoms with Crippen molar-refractivity contribution < 1.29 is 8.42 Å². The van der Waals surface area contributed by atoms with Crippen molar-refractivity contribution in [1.29, 1.82) is 0 Å². The first kappa shape index (κ1) is 18.1. The number of anilines is 2. The number of halogens is 1. The second-order valence-electron chi connectivity index (χ2n) is 5.42. The second kappa shape index (κ2) is 7.37. The molecule has 0 bridgehead atoms. The largest absolute Gasteiger partial charge is 0.369 e. The highest BCUT2D eigenvalue weighted by molar-refractivity contribution is 9.10. The van der Waals surface area contributed by atoms with Crippen LogP contribution in [0.25, 0.3) is 0 Å². The average Bonchev–Trinajstić information content (AvgIpc) is 2.33. The van der Waals surface area contributed by atoms with Crippen molar-refractivity contribution in [1.82, 2.24) is 14.7 Å². The Kier molecular flexibility index (Phi) is 6.36. The molecular weight excluding hydrogens is 358 g/mol. The van der Waals surface area contributed by atoms with Crippen molar-refractivity contribution in [3.63, 3.8) is 0 Å². The number of hydrogen-bond donors (Lipinski definition) is 3. The maximum Gasteiger partial charge on any atom is 0.209 e. The van der Waals surface area contributed by atoms with Gasteiger partial charge in [0.1, 0.15) is 22.4 Å². The molecule has 0 unspecified atom stereocenters. The van der Waals surface area contributed by atoms with E-state index in [4.69, 9.17) is 0 Å². The molecule has 7 nitrogen and oxygen atoms in total. The normalized spacial score (nSPS) is 12.2. The maximum absolute atomic E-state index is 11.3. The van der Waals surface area contributed by atoms with Crippen LogP contribution in [0.15, 0.2) is 10.8 Å². The summed E-state index contributed by atoms with van der Waals surface area (Å²) in [5, 5.41) is 6.32. The van der Waals surface area contributed by atoms with Gasteiger partial charge in [0, 0.05) is 18.6 Å². The van der Waals surface area contributed by atoms with Crippen LogP contribution in [0.5, 0.6) is 0 Å². The maximum atomic E-state index is 11.3. The fraction of sp³-hybridized carbons (Fsp3) is 0.667. The first-order valence-corrected chi connectivity index (χ1v) is 9.30. The SMILES string of the molecule is CCCNc1ncnc(NCC(C)(C)NS(C)(=O)=O)c1Br. The van der Waals surface area contributed by atoms with Gasteiger partial charge >= 0.3 is 0 Å². The van der Waals surface area contributed by atoms with E-state index in [0.29, 0.717) is 18.2 Å². The molecule has 21 heavy (non-hydrogen) atoms. The molecule has 1 heterocycles. The number of rotatable bonds is 8. The van der Waals surface area contributed by atoms with Crippen LogP contribution >= 0.6 is 15.9 Å². The molecule has 0 saturated heterocycles. The highest BCUT2D eigenvalue weighted by Crippen LogP contribution is 2.26. The number of aromatic nitrogens is 2. The zero-order valence-corrected chi connectivity index (χ0v) is 15.1. The molecule has 0 radical (unpaired) electrons. The molecule has 0 amide bonds. The number of hydrogen-bond acceptors (Lipinski definition) is 6. The van der Waals surface area contributed by atoms with Crippen LogP contribution < -0.4 is 15.4 Å². The summed E-state index contributed by atoms with van der Waals surface area (Å²) in [7, 11) is -3.26. The summed E-state index contributed by atoms with van der Waals surface area (Å²) in [5.41, 5.74) is -0.630. The Morgan fingerprint density at radius 3 is 2.33 bits per heavy atom. The van der Waals surface area contributed by atoms with Crippen LogP contribution in [0.4, 0.5) is 11.6 Å². The lowest BCUT2D eigenvalue weighted by atomic mass is 10.1. The van der Waals surface area contributed by atoms with Gasteiger partial charge in [-0.25, -0.2) is 23.1 Å². The Bertz CT molecular complexity index is 577. The molecule has 120 valence electrons. The minimum absolute atomic E-state index is 0.392. The van der Waals surface area contributed by atoms with E-state index in [2.05, 4.69) is 48.2 Å². The molecule has 0 fully saturated rings. The molecule has 0 aliphatic rings. The van der Waals surface area contributed by atoms with E-state index in [9.17, 15) is 8.42 Å². The van der Waals surface area contributed by atoms with Gasteiger partial charge in [-0.05, 0) is 36.2 Å². The van der Waals surface area contributed by atoms with Crippen molar-refractivity contribution >= 4 is 37.6 Å². The lowest BCUT2D eigenvalue weighted by Crippen LogP contribution is -2.47. The van der Waals surface area contributed by atoms with E-state index in [1.54, 1.807) is 13.8 Å². The second-order valence-corrected chi connectivity index (χ2v) is 7.96. The first-order valence-electron chi connectivity index (χ1n) is 6.62. The van der Waals surface area contributed by atoms with E-state index >= 15 is 0 Å². The standard InChI is InChI=1S/C12H22BrN5O2S/c1-5-6-14-10-9(13)11(17-8-16-10)15-7-12(2,3)18-21(4,19)20/h8,18H,5-7H2,1-4H3,(H2,14,15,16,17). The number of nitrogens with zero attached hydrogens (tertiary/aromatic N) is 2. The van der Waals surface area contributed by atoms with E-state index < -0.39 is 15.6 Å². The molecule has 0 saturated carbocycles. The topological polar surface area (TPSA) is 96.0 Å². The van der Waals surface area contributed by atoms with Crippen molar-refractivity contribution in [3.8, 4) is 0 Å². The lowest BCUT2D eigenvalue weighted by molar-refractivity contribution is 0.475. The van der Waals surface area contributed by atoms with Crippen LogP contribution in [0.2, 0.25) is 0 Å². The minimum atomic E-state index is -3.26. The third-order valence-electron chi connectivity index (χ3n) is 2.49. The van der Waals surface area contributed by atoms with Gasteiger partial charge < -0.3 is 10.6 Å². The molecule has 0 spiro atoms. The van der Waals surface area contributed by atoms with Gasteiger partial charge in [-0.1, -0.05) is 6.92 Å². The quantitative estimate of drug-likeness (QED) is 0.637. The molecule has 3 N–H and O–H groups in total. The molecule has 0 aromatic carbocycles. The summed E-state index contributed by atoms with van der Waals surface area (Å²) in [6.45, 7) is 6.87. The summed E-state index contributed by atoms with van der Waals surface area (Å²) in [6.07, 6.45) is 3.59. The molecular formula is C12H22BrN5O2S. The van der Waals surface area contributed by atoms with E-state index in [1.165, 1.54) is 6.33 Å². The smallest absolute Gasteiger partial charge is 0.209 e.